The first-order chi connectivity index (χ1) is 20.8. The highest BCUT2D eigenvalue weighted by atomic mass is 35.5. The number of hydrogen-bond donors (Lipinski definition) is 2. The molecule has 0 aliphatic carbocycles. The smallest absolute Gasteiger partial charge is 0.214 e. The molecule has 0 saturated carbocycles. The van der Waals surface area contributed by atoms with Crippen LogP contribution in [0.5, 0.6) is 5.75 Å². The maximum absolute atomic E-state index is 13.5. The predicted octanol–water partition coefficient (Wildman–Crippen LogP) is 6.71. The number of rotatable bonds is 12. The average molecular weight is 638 g/mol. The predicted molar refractivity (Wildman–Crippen MR) is 171 cm³/mol. The summed E-state index contributed by atoms with van der Waals surface area (Å²) in [5, 5.41) is 10.7. The Bertz CT molecular complexity index is 1890. The lowest BCUT2D eigenvalue weighted by molar-refractivity contribution is 0.306. The van der Waals surface area contributed by atoms with E-state index in [1.165, 1.54) is 18.5 Å². The molecule has 0 bridgehead atoms. The maximum Gasteiger partial charge on any atom is 0.214 e. The number of nitrogens with one attached hydrogen (secondary N) is 2. The van der Waals surface area contributed by atoms with Crippen LogP contribution in [-0.2, 0) is 23.3 Å². The summed E-state index contributed by atoms with van der Waals surface area (Å²) < 4.78 is 42.0. The summed E-state index contributed by atoms with van der Waals surface area (Å²) in [5.74, 6) is 0.753. The first-order valence-corrected chi connectivity index (χ1v) is 15.9. The van der Waals surface area contributed by atoms with Crippen molar-refractivity contribution >= 4 is 60.5 Å². The number of aromatic nitrogens is 3. The Morgan fingerprint density at radius 3 is 2.72 bits per heavy atom. The zero-order chi connectivity index (χ0) is 30.3. The quantitative estimate of drug-likeness (QED) is 0.115. The van der Waals surface area contributed by atoms with Crippen LogP contribution in [0, 0.1) is 11.7 Å². The fourth-order valence-corrected chi connectivity index (χ4v) is 6.00. The molecule has 0 unspecified atom stereocenters. The van der Waals surface area contributed by atoms with Gasteiger partial charge in [0, 0.05) is 41.5 Å². The van der Waals surface area contributed by atoms with Gasteiger partial charge in [0.05, 0.1) is 26.1 Å². The Hall–Kier alpha value is -3.90. The van der Waals surface area contributed by atoms with Gasteiger partial charge >= 0.3 is 0 Å². The van der Waals surface area contributed by atoms with Crippen molar-refractivity contribution in [2.24, 2.45) is 5.92 Å². The van der Waals surface area contributed by atoms with Crippen LogP contribution >= 0.6 is 22.9 Å². The van der Waals surface area contributed by atoms with E-state index in [0.717, 1.165) is 32.9 Å². The lowest BCUT2D eigenvalue weighted by atomic mass is 10.1. The summed E-state index contributed by atoms with van der Waals surface area (Å²) in [6.45, 7) is 4.89. The van der Waals surface area contributed by atoms with Crippen molar-refractivity contribution in [3.8, 4) is 17.0 Å². The van der Waals surface area contributed by atoms with Gasteiger partial charge in [-0.05, 0) is 53.9 Å². The van der Waals surface area contributed by atoms with Crippen molar-refractivity contribution in [3.05, 3.63) is 93.8 Å². The lowest BCUT2D eigenvalue weighted by Gasteiger charge is -2.12. The van der Waals surface area contributed by atoms with E-state index in [1.54, 1.807) is 35.6 Å². The van der Waals surface area contributed by atoms with Crippen LogP contribution in [0.15, 0.2) is 72.4 Å². The van der Waals surface area contributed by atoms with Gasteiger partial charge in [-0.1, -0.05) is 43.6 Å². The number of halogens is 2. The van der Waals surface area contributed by atoms with Gasteiger partial charge in [0.15, 0.2) is 0 Å². The highest BCUT2D eigenvalue weighted by Gasteiger charge is 2.12. The van der Waals surface area contributed by atoms with Crippen molar-refractivity contribution in [2.75, 3.05) is 18.4 Å². The second kappa shape index (κ2) is 14.0. The molecule has 0 aliphatic rings. The molecule has 2 heterocycles. The molecule has 0 amide bonds. The minimum absolute atomic E-state index is 0.0305. The minimum atomic E-state index is -2.19. The van der Waals surface area contributed by atoms with Crippen molar-refractivity contribution in [1.82, 2.24) is 20.3 Å². The number of fused-ring (bicyclic) bond motifs is 1. The van der Waals surface area contributed by atoms with E-state index in [-0.39, 0.29) is 18.3 Å². The molecule has 0 saturated heterocycles. The summed E-state index contributed by atoms with van der Waals surface area (Å²) in [7, 11) is -2.19. The van der Waals surface area contributed by atoms with E-state index < -0.39 is 10.3 Å². The first kappa shape index (κ1) is 30.6. The van der Waals surface area contributed by atoms with Crippen molar-refractivity contribution in [1.29, 1.82) is 0 Å². The van der Waals surface area contributed by atoms with Gasteiger partial charge in [-0.25, -0.2) is 19.3 Å². The van der Waals surface area contributed by atoms with Crippen LogP contribution < -0.4 is 15.4 Å². The standard InChI is InChI=1S/C31H29ClFN5O3S2/c1-19(2)29(43(39)40)15-34-11-10-30-38-27(17-42-30)21-6-8-26-24(13-21)31(36-18-35-26)37-23-7-9-28(25(32)14-23)41-16-20-4-3-5-22(33)12-20/h3-9,12-14,17-19,34H,10-11,15-16H2,1-2H3,(H,35,36,37). The average Bonchev–Trinajstić information content (AvgIpc) is 3.45. The van der Waals surface area contributed by atoms with Gasteiger partial charge < -0.3 is 15.4 Å². The molecule has 2 N–H and O–H groups in total. The molecular weight excluding hydrogens is 609 g/mol. The van der Waals surface area contributed by atoms with Gasteiger partial charge in [-0.2, -0.15) is 8.42 Å². The lowest BCUT2D eigenvalue weighted by Crippen LogP contribution is -2.28. The molecule has 0 radical (unpaired) electrons. The summed E-state index contributed by atoms with van der Waals surface area (Å²) in [6.07, 6.45) is 2.19. The number of benzene rings is 3. The highest BCUT2D eigenvalue weighted by molar-refractivity contribution is 7.73. The highest BCUT2D eigenvalue weighted by Crippen LogP contribution is 2.32. The van der Waals surface area contributed by atoms with E-state index in [4.69, 9.17) is 21.3 Å². The number of ether oxygens (including phenoxy) is 1. The molecule has 5 rings (SSSR count). The number of nitrogens with zero attached hydrogens (tertiary/aromatic N) is 3. The fraction of sp³-hybridized carbons (Fsp3) is 0.226. The van der Waals surface area contributed by atoms with Crippen LogP contribution in [-0.4, -0.2) is 41.3 Å². The van der Waals surface area contributed by atoms with E-state index in [9.17, 15) is 12.8 Å². The molecule has 43 heavy (non-hydrogen) atoms. The zero-order valence-electron chi connectivity index (χ0n) is 23.5. The summed E-state index contributed by atoms with van der Waals surface area (Å²) in [4.78, 5) is 14.1. The maximum atomic E-state index is 13.5. The minimum Gasteiger partial charge on any atom is -0.487 e. The molecule has 3 aromatic carbocycles. The second-order valence-electron chi connectivity index (χ2n) is 10.1. The van der Waals surface area contributed by atoms with E-state index in [2.05, 4.69) is 20.6 Å². The van der Waals surface area contributed by atoms with Crippen LogP contribution in [0.2, 0.25) is 5.02 Å². The van der Waals surface area contributed by atoms with Crippen LogP contribution in [0.1, 0.15) is 24.4 Å². The Balaban J connectivity index is 1.26. The Morgan fingerprint density at radius 2 is 1.95 bits per heavy atom. The molecule has 0 spiro atoms. The number of thiazole rings is 1. The van der Waals surface area contributed by atoms with Crippen molar-refractivity contribution in [3.63, 3.8) is 0 Å². The van der Waals surface area contributed by atoms with Crippen LogP contribution in [0.4, 0.5) is 15.9 Å². The van der Waals surface area contributed by atoms with Crippen molar-refractivity contribution in [2.45, 2.75) is 26.9 Å². The largest absolute Gasteiger partial charge is 0.487 e. The molecule has 12 heteroatoms. The molecule has 0 atom stereocenters. The molecule has 0 aliphatic heterocycles. The fourth-order valence-electron chi connectivity index (χ4n) is 4.36. The van der Waals surface area contributed by atoms with Gasteiger partial charge in [-0.3, -0.25) is 0 Å². The Morgan fingerprint density at radius 1 is 1.09 bits per heavy atom. The Kier molecular flexibility index (Phi) is 9.98. The van der Waals surface area contributed by atoms with Crippen molar-refractivity contribution < 1.29 is 17.5 Å². The van der Waals surface area contributed by atoms with E-state index in [0.29, 0.717) is 46.5 Å². The number of anilines is 2. The van der Waals surface area contributed by atoms with Crippen LogP contribution in [0.25, 0.3) is 22.2 Å². The normalized spacial score (nSPS) is 11.2. The third kappa shape index (κ3) is 7.94. The third-order valence-corrected chi connectivity index (χ3v) is 8.88. The SMILES string of the molecule is CC(C)C(CNCCc1nc(-c2ccc3ncnc(Nc4ccc(OCc5cccc(F)c5)c(Cl)c4)c3c2)cs1)=S(=O)=O. The molecular formula is C31H29ClFN5O3S2. The molecule has 8 nitrogen and oxygen atoms in total. The van der Waals surface area contributed by atoms with Gasteiger partial charge in [0.2, 0.25) is 10.3 Å². The zero-order valence-corrected chi connectivity index (χ0v) is 25.9. The molecule has 5 aromatic rings. The molecule has 222 valence electrons. The van der Waals surface area contributed by atoms with E-state index >= 15 is 0 Å². The monoisotopic (exact) mass is 637 g/mol. The second-order valence-corrected chi connectivity index (χ2v) is 12.4. The van der Waals surface area contributed by atoms with Gasteiger partial charge in [-0.15, -0.1) is 11.3 Å². The molecule has 0 fully saturated rings. The van der Waals surface area contributed by atoms with Gasteiger partial charge in [0.1, 0.15) is 30.3 Å². The summed E-state index contributed by atoms with van der Waals surface area (Å²) >= 11 is 8.06. The Labute approximate surface area is 259 Å². The number of hydrogen-bond acceptors (Lipinski definition) is 9. The summed E-state index contributed by atoms with van der Waals surface area (Å²) in [5.41, 5.74) is 3.97. The van der Waals surface area contributed by atoms with Crippen LogP contribution in [0.3, 0.4) is 0 Å². The topological polar surface area (TPSA) is 106 Å². The first-order valence-electron chi connectivity index (χ1n) is 13.6. The molecule has 2 aromatic heterocycles. The van der Waals surface area contributed by atoms with Gasteiger partial charge in [0.25, 0.3) is 0 Å². The van der Waals surface area contributed by atoms with E-state index in [1.807, 2.05) is 43.5 Å². The third-order valence-electron chi connectivity index (χ3n) is 6.63. The summed E-state index contributed by atoms with van der Waals surface area (Å²) in [6, 6.07) is 17.5.